The van der Waals surface area contributed by atoms with Crippen molar-refractivity contribution in [2.24, 2.45) is 0 Å². The van der Waals surface area contributed by atoms with E-state index in [2.05, 4.69) is 10.3 Å². The topological polar surface area (TPSA) is 106 Å². The number of fused-ring (bicyclic) bond motifs is 2. The molecule has 0 spiro atoms. The van der Waals surface area contributed by atoms with E-state index >= 15 is 0 Å². The highest BCUT2D eigenvalue weighted by atomic mass is 32.1. The molecule has 2 heterocycles. The number of benzene rings is 2. The molecule has 1 N–H and O–H groups in total. The lowest BCUT2D eigenvalue weighted by molar-refractivity contribution is 0.0521. The number of carbonyl (C=O) groups excluding carboxylic acids is 4. The van der Waals surface area contributed by atoms with Gasteiger partial charge in [0.2, 0.25) is 0 Å². The number of carbonyl (C=O) groups is 4. The second-order valence-electron chi connectivity index (χ2n) is 8.41. The smallest absolute Gasteiger partial charge is 0.338 e. The molecule has 3 aromatic rings. The van der Waals surface area contributed by atoms with E-state index in [0.29, 0.717) is 21.8 Å². The molecular formula is C25H23N3O5S. The number of esters is 1. The van der Waals surface area contributed by atoms with E-state index in [1.807, 2.05) is 0 Å². The van der Waals surface area contributed by atoms with Crippen LogP contribution >= 0.6 is 11.3 Å². The molecule has 3 amide bonds. The lowest BCUT2D eigenvalue weighted by Gasteiger charge is -2.29. The minimum absolute atomic E-state index is 0.0688. The highest BCUT2D eigenvalue weighted by Crippen LogP contribution is 2.32. The summed E-state index contributed by atoms with van der Waals surface area (Å²) in [6.07, 6.45) is 4.80. The maximum atomic E-state index is 13.0. The zero-order chi connectivity index (χ0) is 23.8. The minimum atomic E-state index is -0.427. The Balaban J connectivity index is 1.35. The summed E-state index contributed by atoms with van der Waals surface area (Å²) in [4.78, 5) is 56.5. The number of imide groups is 1. The van der Waals surface area contributed by atoms with E-state index in [0.717, 1.165) is 36.8 Å². The summed E-state index contributed by atoms with van der Waals surface area (Å²) < 4.78 is 5.76. The van der Waals surface area contributed by atoms with Crippen LogP contribution in [0.3, 0.4) is 0 Å². The van der Waals surface area contributed by atoms with E-state index in [-0.39, 0.29) is 35.6 Å². The first-order valence-electron chi connectivity index (χ1n) is 11.4. The van der Waals surface area contributed by atoms with Gasteiger partial charge in [0.1, 0.15) is 0 Å². The Morgan fingerprint density at radius 2 is 1.76 bits per heavy atom. The number of hydrogen-bond donors (Lipinski definition) is 1. The average Bonchev–Trinajstić information content (AvgIpc) is 3.36. The molecule has 0 unspecified atom stereocenters. The number of anilines is 1. The summed E-state index contributed by atoms with van der Waals surface area (Å²) >= 11 is 1.24. The Bertz CT molecular complexity index is 1330. The molecule has 2 aliphatic rings. The van der Waals surface area contributed by atoms with E-state index in [4.69, 9.17) is 4.74 Å². The Morgan fingerprint density at radius 3 is 2.53 bits per heavy atom. The van der Waals surface area contributed by atoms with Gasteiger partial charge in [0.15, 0.2) is 5.13 Å². The fourth-order valence-electron chi connectivity index (χ4n) is 4.56. The van der Waals surface area contributed by atoms with Crippen LogP contribution in [-0.4, -0.2) is 46.2 Å². The van der Waals surface area contributed by atoms with Crippen molar-refractivity contribution < 1.29 is 23.9 Å². The molecule has 0 atom stereocenters. The van der Waals surface area contributed by atoms with Crippen LogP contribution in [0.25, 0.3) is 10.2 Å². The second kappa shape index (κ2) is 8.98. The quantitative estimate of drug-likeness (QED) is 0.423. The summed E-state index contributed by atoms with van der Waals surface area (Å²) in [6.45, 7) is 2.03. The van der Waals surface area contributed by atoms with Crippen LogP contribution in [0.2, 0.25) is 0 Å². The number of nitrogens with zero attached hydrogens (tertiary/aromatic N) is 2. The SMILES string of the molecule is CCOC(=O)c1ccc2nc(NC(=O)c3ccc4c(c3)C(=O)N(C3CCCCC3)C4=O)sc2c1. The molecule has 0 saturated heterocycles. The average molecular weight is 478 g/mol. The van der Waals surface area contributed by atoms with Crippen LogP contribution in [-0.2, 0) is 4.74 Å². The van der Waals surface area contributed by atoms with Crippen LogP contribution < -0.4 is 5.32 Å². The van der Waals surface area contributed by atoms with Gasteiger partial charge in [-0.25, -0.2) is 9.78 Å². The Morgan fingerprint density at radius 1 is 1.03 bits per heavy atom. The molecule has 1 fully saturated rings. The monoisotopic (exact) mass is 477 g/mol. The van der Waals surface area contributed by atoms with Crippen molar-refractivity contribution >= 4 is 50.4 Å². The predicted molar refractivity (Wildman–Crippen MR) is 127 cm³/mol. The molecular weight excluding hydrogens is 454 g/mol. The first-order valence-corrected chi connectivity index (χ1v) is 12.2. The van der Waals surface area contributed by atoms with Crippen molar-refractivity contribution in [2.75, 3.05) is 11.9 Å². The van der Waals surface area contributed by atoms with Gasteiger partial charge >= 0.3 is 5.97 Å². The van der Waals surface area contributed by atoms with Crippen LogP contribution in [0.1, 0.15) is 80.5 Å². The Hall–Kier alpha value is -3.59. The number of ether oxygens (including phenoxy) is 1. The van der Waals surface area contributed by atoms with Crippen LogP contribution in [0.5, 0.6) is 0 Å². The van der Waals surface area contributed by atoms with Gasteiger partial charge in [0.05, 0.1) is 33.5 Å². The Labute approximate surface area is 199 Å². The molecule has 8 nitrogen and oxygen atoms in total. The number of rotatable bonds is 5. The molecule has 174 valence electrons. The molecule has 0 bridgehead atoms. The molecule has 0 radical (unpaired) electrons. The third-order valence-electron chi connectivity index (χ3n) is 6.24. The van der Waals surface area contributed by atoms with Gasteiger partial charge in [-0.15, -0.1) is 0 Å². The number of thiazole rings is 1. The van der Waals surface area contributed by atoms with Crippen LogP contribution in [0, 0.1) is 0 Å². The van der Waals surface area contributed by atoms with Crippen molar-refractivity contribution in [3.05, 3.63) is 58.7 Å². The summed E-state index contributed by atoms with van der Waals surface area (Å²) in [5, 5.41) is 3.12. The third-order valence-corrected chi connectivity index (χ3v) is 7.17. The number of hydrogen-bond acceptors (Lipinski definition) is 7. The minimum Gasteiger partial charge on any atom is -0.462 e. The van der Waals surface area contributed by atoms with Gasteiger partial charge in [0, 0.05) is 11.6 Å². The van der Waals surface area contributed by atoms with Crippen molar-refractivity contribution in [3.63, 3.8) is 0 Å². The van der Waals surface area contributed by atoms with Gasteiger partial charge < -0.3 is 4.74 Å². The van der Waals surface area contributed by atoms with Crippen molar-refractivity contribution in [3.8, 4) is 0 Å². The zero-order valence-corrected chi connectivity index (χ0v) is 19.4. The molecule has 9 heteroatoms. The number of aromatic nitrogens is 1. The lowest BCUT2D eigenvalue weighted by atomic mass is 9.94. The van der Waals surface area contributed by atoms with Gasteiger partial charge in [-0.2, -0.15) is 0 Å². The summed E-state index contributed by atoms with van der Waals surface area (Å²) in [7, 11) is 0. The van der Waals surface area contributed by atoms with Crippen molar-refractivity contribution in [1.29, 1.82) is 0 Å². The van der Waals surface area contributed by atoms with Crippen LogP contribution in [0.15, 0.2) is 36.4 Å². The predicted octanol–water partition coefficient (Wildman–Crippen LogP) is 4.65. The standard InChI is InChI=1S/C25H23N3O5S/c1-2-33-24(32)15-9-11-19-20(13-15)34-25(26-19)27-21(29)14-8-10-17-18(12-14)23(31)28(22(17)30)16-6-4-3-5-7-16/h8-13,16H,2-7H2,1H3,(H,26,27,29). The van der Waals surface area contributed by atoms with Gasteiger partial charge in [0.25, 0.3) is 17.7 Å². The van der Waals surface area contributed by atoms with Crippen LogP contribution in [0.4, 0.5) is 5.13 Å². The van der Waals surface area contributed by atoms with Crippen molar-refractivity contribution in [1.82, 2.24) is 9.88 Å². The second-order valence-corrected chi connectivity index (χ2v) is 9.44. The first-order chi connectivity index (χ1) is 16.5. The molecule has 1 aromatic heterocycles. The summed E-state index contributed by atoms with van der Waals surface area (Å²) in [5.41, 5.74) is 1.95. The zero-order valence-electron chi connectivity index (χ0n) is 18.6. The van der Waals surface area contributed by atoms with Gasteiger partial charge in [-0.1, -0.05) is 30.6 Å². The number of nitrogens with one attached hydrogen (secondary N) is 1. The van der Waals surface area contributed by atoms with E-state index in [1.165, 1.54) is 22.3 Å². The maximum absolute atomic E-state index is 13.0. The molecule has 1 aliphatic carbocycles. The van der Waals surface area contributed by atoms with E-state index < -0.39 is 11.9 Å². The molecule has 2 aromatic carbocycles. The third kappa shape index (κ3) is 3.96. The van der Waals surface area contributed by atoms with Gasteiger partial charge in [-0.05, 0) is 56.2 Å². The highest BCUT2D eigenvalue weighted by molar-refractivity contribution is 7.22. The maximum Gasteiger partial charge on any atom is 0.338 e. The lowest BCUT2D eigenvalue weighted by Crippen LogP contribution is -2.40. The summed E-state index contributed by atoms with van der Waals surface area (Å²) in [6, 6.07) is 9.54. The van der Waals surface area contributed by atoms with Gasteiger partial charge in [-0.3, -0.25) is 24.6 Å². The molecule has 1 aliphatic heterocycles. The Kier molecular flexibility index (Phi) is 5.87. The molecule has 1 saturated carbocycles. The number of amides is 3. The summed E-state index contributed by atoms with van der Waals surface area (Å²) in [5.74, 6) is -1.44. The fourth-order valence-corrected chi connectivity index (χ4v) is 5.46. The fraction of sp³-hybridized carbons (Fsp3) is 0.320. The largest absolute Gasteiger partial charge is 0.462 e. The highest BCUT2D eigenvalue weighted by Gasteiger charge is 2.40. The van der Waals surface area contributed by atoms with Crippen molar-refractivity contribution in [2.45, 2.75) is 45.1 Å². The molecule has 5 rings (SSSR count). The van der Waals surface area contributed by atoms with E-state index in [1.54, 1.807) is 37.3 Å². The molecule has 34 heavy (non-hydrogen) atoms. The normalized spacial score (nSPS) is 16.1. The van der Waals surface area contributed by atoms with E-state index in [9.17, 15) is 19.2 Å². The first kappa shape index (κ1) is 22.2.